The summed E-state index contributed by atoms with van der Waals surface area (Å²) in [7, 11) is 0. The fourth-order valence-corrected chi connectivity index (χ4v) is 4.06. The molecule has 0 aliphatic carbocycles. The zero-order chi connectivity index (χ0) is 17.5. The smallest absolute Gasteiger partial charge is 0.321 e. The molecule has 1 aliphatic rings. The molecule has 0 aromatic heterocycles. The van der Waals surface area contributed by atoms with Gasteiger partial charge in [-0.15, -0.1) is 0 Å². The number of thioether (sulfide) groups is 2. The van der Waals surface area contributed by atoms with Gasteiger partial charge in [-0.2, -0.15) is 0 Å². The normalized spacial score (nSPS) is 12.7. The molecule has 0 saturated carbocycles. The molecule has 0 fully saturated rings. The summed E-state index contributed by atoms with van der Waals surface area (Å²) in [6.07, 6.45) is 0. The molecule has 5 nitrogen and oxygen atoms in total. The van der Waals surface area contributed by atoms with Crippen molar-refractivity contribution in [3.05, 3.63) is 65.7 Å². The Bertz CT molecular complexity index is 794. The van der Waals surface area contributed by atoms with Crippen LogP contribution in [0.1, 0.15) is 11.1 Å². The van der Waals surface area contributed by atoms with Gasteiger partial charge in [0.2, 0.25) is 5.91 Å². The van der Waals surface area contributed by atoms with Crippen molar-refractivity contribution >= 4 is 45.5 Å². The lowest BCUT2D eigenvalue weighted by Crippen LogP contribution is -2.40. The van der Waals surface area contributed by atoms with E-state index in [-0.39, 0.29) is 11.7 Å². The van der Waals surface area contributed by atoms with Crippen molar-refractivity contribution in [2.24, 2.45) is 4.99 Å². The molecule has 2 N–H and O–H groups in total. The van der Waals surface area contributed by atoms with Gasteiger partial charge in [0.05, 0.1) is 11.4 Å². The fraction of sp³-hybridized carbons (Fsp3) is 0.167. The number of imide groups is 1. The van der Waals surface area contributed by atoms with Gasteiger partial charge in [0, 0.05) is 12.3 Å². The lowest BCUT2D eigenvalue weighted by molar-refractivity contribution is -0.117. The van der Waals surface area contributed by atoms with Crippen LogP contribution >= 0.6 is 23.5 Å². The minimum atomic E-state index is -0.488. The number of hydrogen-bond donors (Lipinski definition) is 2. The Morgan fingerprint density at radius 1 is 1.08 bits per heavy atom. The molecule has 0 spiro atoms. The highest BCUT2D eigenvalue weighted by Gasteiger charge is 2.15. The number of benzene rings is 2. The number of fused-ring (bicyclic) bond motifs is 1. The van der Waals surface area contributed by atoms with E-state index >= 15 is 0 Å². The summed E-state index contributed by atoms with van der Waals surface area (Å²) in [6.45, 7) is 0.381. The van der Waals surface area contributed by atoms with Crippen LogP contribution in [0.15, 0.2) is 59.6 Å². The topological polar surface area (TPSA) is 70.6 Å². The van der Waals surface area contributed by atoms with Gasteiger partial charge in [0.15, 0.2) is 0 Å². The van der Waals surface area contributed by atoms with Crippen molar-refractivity contribution in [2.45, 2.75) is 12.3 Å². The number of carbonyl (C=O) groups excluding carboxylic acids is 2. The van der Waals surface area contributed by atoms with E-state index in [2.05, 4.69) is 21.7 Å². The number of amides is 3. The van der Waals surface area contributed by atoms with Crippen LogP contribution in [0, 0.1) is 0 Å². The second kappa shape index (κ2) is 8.73. The molecule has 7 heteroatoms. The number of rotatable bonds is 4. The third-order valence-corrected chi connectivity index (χ3v) is 5.68. The number of para-hydroxylation sites is 1. The largest absolute Gasteiger partial charge is 0.334 e. The van der Waals surface area contributed by atoms with E-state index in [0.29, 0.717) is 6.54 Å². The Morgan fingerprint density at radius 2 is 1.84 bits per heavy atom. The summed E-state index contributed by atoms with van der Waals surface area (Å²) in [6, 6.07) is 17.0. The summed E-state index contributed by atoms with van der Waals surface area (Å²) in [5.74, 6) is 0.672. The first-order valence-electron chi connectivity index (χ1n) is 7.74. The van der Waals surface area contributed by atoms with E-state index in [1.807, 2.05) is 48.5 Å². The monoisotopic (exact) mass is 371 g/mol. The third kappa shape index (κ3) is 5.37. The second-order valence-corrected chi connectivity index (χ2v) is 7.49. The number of nitrogens with zero attached hydrogens (tertiary/aromatic N) is 1. The Hall–Kier alpha value is -2.25. The maximum absolute atomic E-state index is 11.9. The molecular weight excluding hydrogens is 354 g/mol. The Morgan fingerprint density at radius 3 is 2.68 bits per heavy atom. The molecule has 3 rings (SSSR count). The molecule has 25 heavy (non-hydrogen) atoms. The van der Waals surface area contributed by atoms with Crippen molar-refractivity contribution in [1.82, 2.24) is 10.6 Å². The zero-order valence-corrected chi connectivity index (χ0v) is 15.0. The highest BCUT2D eigenvalue weighted by molar-refractivity contribution is 8.38. The molecule has 0 bridgehead atoms. The lowest BCUT2D eigenvalue weighted by atomic mass is 10.2. The molecule has 2 aromatic carbocycles. The van der Waals surface area contributed by atoms with Gasteiger partial charge in [-0.3, -0.25) is 10.1 Å². The number of carbonyl (C=O) groups is 2. The van der Waals surface area contributed by atoms with E-state index in [9.17, 15) is 9.59 Å². The van der Waals surface area contributed by atoms with Gasteiger partial charge >= 0.3 is 6.03 Å². The maximum atomic E-state index is 11.9. The molecule has 0 radical (unpaired) electrons. The highest BCUT2D eigenvalue weighted by atomic mass is 32.2. The number of hydrogen-bond acceptors (Lipinski definition) is 5. The first kappa shape index (κ1) is 17.6. The summed E-state index contributed by atoms with van der Waals surface area (Å²) < 4.78 is 0.846. The van der Waals surface area contributed by atoms with Crippen molar-refractivity contribution in [3.63, 3.8) is 0 Å². The lowest BCUT2D eigenvalue weighted by Gasteiger charge is -2.14. The van der Waals surface area contributed by atoms with Crippen LogP contribution in [-0.2, 0) is 17.1 Å². The van der Waals surface area contributed by atoms with Crippen molar-refractivity contribution < 1.29 is 9.59 Å². The Labute approximate surface area is 154 Å². The Kier molecular flexibility index (Phi) is 6.14. The molecule has 2 aromatic rings. The van der Waals surface area contributed by atoms with Crippen LogP contribution in [0.5, 0.6) is 0 Å². The third-order valence-electron chi connectivity index (χ3n) is 3.43. The number of nitrogens with one attached hydrogen (secondary N) is 2. The number of aliphatic imine (C=N–C) groups is 1. The van der Waals surface area contributed by atoms with Gasteiger partial charge in [-0.25, -0.2) is 9.79 Å². The highest BCUT2D eigenvalue weighted by Crippen LogP contribution is 2.34. The van der Waals surface area contributed by atoms with Crippen LogP contribution in [0.25, 0.3) is 0 Å². The molecule has 0 saturated heterocycles. The molecule has 1 aliphatic heterocycles. The first-order valence-corrected chi connectivity index (χ1v) is 9.71. The maximum Gasteiger partial charge on any atom is 0.321 e. The van der Waals surface area contributed by atoms with Gasteiger partial charge in [0.25, 0.3) is 0 Å². The minimum absolute atomic E-state index is 0.159. The van der Waals surface area contributed by atoms with Crippen LogP contribution in [0.3, 0.4) is 0 Å². The molecule has 1 heterocycles. The van der Waals surface area contributed by atoms with Crippen LogP contribution in [-0.4, -0.2) is 22.1 Å². The van der Waals surface area contributed by atoms with Crippen molar-refractivity contribution in [1.29, 1.82) is 0 Å². The van der Waals surface area contributed by atoms with Gasteiger partial charge in [0.1, 0.15) is 4.38 Å². The Balaban J connectivity index is 1.42. The van der Waals surface area contributed by atoms with E-state index in [4.69, 9.17) is 0 Å². The summed E-state index contributed by atoms with van der Waals surface area (Å²) >= 11 is 2.95. The molecular formula is C18H17N3O2S2. The molecule has 3 amide bonds. The average Bonchev–Trinajstić information content (AvgIpc) is 2.65. The van der Waals surface area contributed by atoms with E-state index in [1.54, 1.807) is 11.8 Å². The van der Waals surface area contributed by atoms with E-state index in [0.717, 1.165) is 21.4 Å². The predicted molar refractivity (Wildman–Crippen MR) is 104 cm³/mol. The molecule has 0 atom stereocenters. The molecule has 128 valence electrons. The first-order chi connectivity index (χ1) is 12.2. The number of urea groups is 1. The minimum Gasteiger partial charge on any atom is -0.334 e. The average molecular weight is 371 g/mol. The fourth-order valence-electron chi connectivity index (χ4n) is 2.20. The SMILES string of the molecule is O=C(CSC1=Nc2ccccc2CS1)NC(=O)NCc1ccccc1. The van der Waals surface area contributed by atoms with Crippen LogP contribution < -0.4 is 10.6 Å². The summed E-state index contributed by atoms with van der Waals surface area (Å²) in [5, 5.41) is 5.00. The standard InChI is InChI=1S/C18H17N3O2S2/c22-16(21-17(23)19-10-13-6-2-1-3-7-13)12-25-18-20-15-9-5-4-8-14(15)11-24-18/h1-9H,10-12H2,(H2,19,21,22,23). The zero-order valence-electron chi connectivity index (χ0n) is 13.4. The van der Waals surface area contributed by atoms with Crippen LogP contribution in [0.4, 0.5) is 10.5 Å². The van der Waals surface area contributed by atoms with E-state index in [1.165, 1.54) is 17.3 Å². The quantitative estimate of drug-likeness (QED) is 0.860. The van der Waals surface area contributed by atoms with Crippen molar-refractivity contribution in [2.75, 3.05) is 5.75 Å². The predicted octanol–water partition coefficient (Wildman–Crippen LogP) is 3.68. The second-order valence-electron chi connectivity index (χ2n) is 5.30. The van der Waals surface area contributed by atoms with Crippen molar-refractivity contribution in [3.8, 4) is 0 Å². The summed E-state index contributed by atoms with van der Waals surface area (Å²) in [4.78, 5) is 28.2. The van der Waals surface area contributed by atoms with E-state index < -0.39 is 6.03 Å². The molecule has 0 unspecified atom stereocenters. The van der Waals surface area contributed by atoms with Gasteiger partial charge in [-0.1, -0.05) is 72.1 Å². The summed E-state index contributed by atoms with van der Waals surface area (Å²) in [5.41, 5.74) is 3.12. The van der Waals surface area contributed by atoms with Gasteiger partial charge < -0.3 is 5.32 Å². The van der Waals surface area contributed by atoms with Crippen LogP contribution in [0.2, 0.25) is 0 Å². The van der Waals surface area contributed by atoms with Gasteiger partial charge in [-0.05, 0) is 17.2 Å².